The second-order valence-corrected chi connectivity index (χ2v) is 8.52. The van der Waals surface area contributed by atoms with Crippen molar-refractivity contribution in [3.8, 4) is 11.4 Å². The van der Waals surface area contributed by atoms with Crippen LogP contribution in [0.1, 0.15) is 42.1 Å². The summed E-state index contributed by atoms with van der Waals surface area (Å²) in [4.78, 5) is 25.7. The Balaban J connectivity index is 1.68. The highest BCUT2D eigenvalue weighted by Gasteiger charge is 2.38. The lowest BCUT2D eigenvalue weighted by Crippen LogP contribution is -2.28. The number of hydrogen-bond donors (Lipinski definition) is 3. The van der Waals surface area contributed by atoms with Crippen molar-refractivity contribution >= 4 is 29.0 Å². The normalized spacial score (nSPS) is 17.3. The van der Waals surface area contributed by atoms with Crippen LogP contribution in [-0.2, 0) is 0 Å². The molecule has 2 aromatic heterocycles. The van der Waals surface area contributed by atoms with Gasteiger partial charge in [0.2, 0.25) is 0 Å². The smallest absolute Gasteiger partial charge is 0.255 e. The third-order valence-corrected chi connectivity index (χ3v) is 5.64. The highest BCUT2D eigenvalue weighted by molar-refractivity contribution is 6.30. The topological polar surface area (TPSA) is 100 Å². The average molecular weight is 456 g/mol. The van der Waals surface area contributed by atoms with E-state index in [4.69, 9.17) is 11.6 Å². The molecule has 32 heavy (non-hydrogen) atoms. The summed E-state index contributed by atoms with van der Waals surface area (Å²) >= 11 is 6.04. The Morgan fingerprint density at radius 1 is 1.31 bits per heavy atom. The first-order valence-corrected chi connectivity index (χ1v) is 10.7. The Bertz CT molecular complexity index is 1160. The highest BCUT2D eigenvalue weighted by atomic mass is 35.5. The molecule has 9 heteroatoms. The van der Waals surface area contributed by atoms with Gasteiger partial charge in [0.15, 0.2) is 5.82 Å². The summed E-state index contributed by atoms with van der Waals surface area (Å²) in [5, 5.41) is 15.7. The van der Waals surface area contributed by atoms with Gasteiger partial charge in [0.05, 0.1) is 16.8 Å². The number of carbonyl (C=O) groups is 1. The van der Waals surface area contributed by atoms with Crippen LogP contribution in [0.2, 0.25) is 5.02 Å². The lowest BCUT2D eigenvalue weighted by atomic mass is 10.1. The Kier molecular flexibility index (Phi) is 6.34. The van der Waals surface area contributed by atoms with E-state index in [1.807, 2.05) is 13.8 Å². The molecule has 4 rings (SSSR count). The number of nitrogens with zero attached hydrogens (tertiary/aromatic N) is 3. The van der Waals surface area contributed by atoms with Gasteiger partial charge < -0.3 is 15.7 Å². The van der Waals surface area contributed by atoms with Crippen LogP contribution in [0.4, 0.5) is 15.9 Å². The number of carbonyl (C=O) groups excluding carboxylic acids is 1. The number of nitrogens with one attached hydrogen (secondary N) is 2. The largest absolute Gasteiger partial charge is 0.396 e. The zero-order valence-electron chi connectivity index (χ0n) is 17.6. The molecule has 1 aliphatic carbocycles. The standard InChI is InChI=1S/C23H23ClFN5O2/c1-12(2)16-10-27-21(15-8-14(24)3-4-18(15)25)30-22(16)28-19-5-6-26-9-17(19)23(32)29-20-7-13(20)11-31/h3-6,8-10,12-13,20,31H,7,11H2,1-2H3,(H,29,32)(H,26,27,28,30)/t13-,20?/m1/s1. The van der Waals surface area contributed by atoms with Crippen LogP contribution in [0.3, 0.4) is 0 Å². The van der Waals surface area contributed by atoms with Crippen LogP contribution in [0.5, 0.6) is 0 Å². The summed E-state index contributed by atoms with van der Waals surface area (Å²) in [6.07, 6.45) is 5.44. The van der Waals surface area contributed by atoms with E-state index in [9.17, 15) is 14.3 Å². The van der Waals surface area contributed by atoms with Crippen LogP contribution in [-0.4, -0.2) is 38.6 Å². The SMILES string of the molecule is CC(C)c1cnc(-c2cc(Cl)ccc2F)nc1Nc1ccncc1C(=O)NC1C[C@@H]1CO. The maximum absolute atomic E-state index is 14.4. The first-order valence-electron chi connectivity index (χ1n) is 10.3. The highest BCUT2D eigenvalue weighted by Crippen LogP contribution is 2.32. The van der Waals surface area contributed by atoms with Crippen molar-refractivity contribution in [3.63, 3.8) is 0 Å². The van der Waals surface area contributed by atoms with Gasteiger partial charge in [0.1, 0.15) is 11.6 Å². The molecule has 0 aliphatic heterocycles. The molecular weight excluding hydrogens is 433 g/mol. The van der Waals surface area contributed by atoms with Crippen molar-refractivity contribution in [2.24, 2.45) is 5.92 Å². The number of rotatable bonds is 7. The lowest BCUT2D eigenvalue weighted by Gasteiger charge is -2.17. The van der Waals surface area contributed by atoms with E-state index in [1.54, 1.807) is 18.5 Å². The van der Waals surface area contributed by atoms with Gasteiger partial charge in [-0.25, -0.2) is 14.4 Å². The van der Waals surface area contributed by atoms with E-state index >= 15 is 0 Å². The number of anilines is 2. The number of hydrogen-bond acceptors (Lipinski definition) is 6. The van der Waals surface area contributed by atoms with E-state index in [1.165, 1.54) is 24.4 Å². The Hall–Kier alpha value is -3.10. The average Bonchev–Trinajstić information content (AvgIpc) is 3.53. The van der Waals surface area contributed by atoms with Gasteiger partial charge in [0.25, 0.3) is 5.91 Å². The minimum atomic E-state index is -0.482. The lowest BCUT2D eigenvalue weighted by molar-refractivity contribution is 0.0948. The minimum absolute atomic E-state index is 0.0387. The molecule has 166 valence electrons. The van der Waals surface area contributed by atoms with E-state index in [-0.39, 0.29) is 41.8 Å². The van der Waals surface area contributed by atoms with Crippen LogP contribution >= 0.6 is 11.6 Å². The molecular formula is C23H23ClFN5O2. The van der Waals surface area contributed by atoms with Crippen LogP contribution in [0.15, 0.2) is 42.9 Å². The molecule has 3 aromatic rings. The zero-order valence-corrected chi connectivity index (χ0v) is 18.4. The maximum atomic E-state index is 14.4. The van der Waals surface area contributed by atoms with E-state index < -0.39 is 5.82 Å². The third-order valence-electron chi connectivity index (χ3n) is 5.40. The van der Waals surface area contributed by atoms with Crippen molar-refractivity contribution in [1.29, 1.82) is 0 Å². The predicted octanol–water partition coefficient (Wildman–Crippen LogP) is 4.31. The van der Waals surface area contributed by atoms with Gasteiger partial charge in [0, 0.05) is 47.7 Å². The monoisotopic (exact) mass is 455 g/mol. The van der Waals surface area contributed by atoms with Gasteiger partial charge >= 0.3 is 0 Å². The molecule has 1 fully saturated rings. The van der Waals surface area contributed by atoms with Crippen LogP contribution < -0.4 is 10.6 Å². The molecule has 7 nitrogen and oxygen atoms in total. The summed E-state index contributed by atoms with van der Waals surface area (Å²) in [7, 11) is 0. The summed E-state index contributed by atoms with van der Waals surface area (Å²) in [5.41, 5.74) is 1.85. The van der Waals surface area contributed by atoms with Crippen molar-refractivity contribution in [3.05, 3.63) is 64.8 Å². The van der Waals surface area contributed by atoms with Crippen molar-refractivity contribution in [2.45, 2.75) is 32.2 Å². The quantitative estimate of drug-likeness (QED) is 0.491. The molecule has 0 radical (unpaired) electrons. The van der Waals surface area contributed by atoms with Gasteiger partial charge in [-0.05, 0) is 36.6 Å². The molecule has 2 heterocycles. The summed E-state index contributed by atoms with van der Waals surface area (Å²) in [5.74, 6) is 0.0422. The summed E-state index contributed by atoms with van der Waals surface area (Å²) < 4.78 is 14.4. The number of benzene rings is 1. The number of halogens is 2. The first kappa shape index (κ1) is 22.1. The summed E-state index contributed by atoms with van der Waals surface area (Å²) in [6.45, 7) is 4.03. The number of aromatic nitrogens is 3. The van der Waals surface area contributed by atoms with Crippen molar-refractivity contribution in [1.82, 2.24) is 20.3 Å². The van der Waals surface area contributed by atoms with Crippen LogP contribution in [0, 0.1) is 11.7 Å². The molecule has 3 N–H and O–H groups in total. The Labute approximate surface area is 190 Å². The van der Waals surface area contributed by atoms with Gasteiger partial charge in [-0.3, -0.25) is 9.78 Å². The van der Waals surface area contributed by atoms with Crippen molar-refractivity contribution < 1.29 is 14.3 Å². The molecule has 0 saturated heterocycles. The second kappa shape index (κ2) is 9.18. The molecule has 1 amide bonds. The maximum Gasteiger partial charge on any atom is 0.255 e. The fraction of sp³-hybridized carbons (Fsp3) is 0.304. The van der Waals surface area contributed by atoms with E-state index in [2.05, 4.69) is 25.6 Å². The third kappa shape index (κ3) is 4.71. The molecule has 0 bridgehead atoms. The molecule has 1 unspecified atom stereocenters. The Morgan fingerprint density at radius 2 is 2.12 bits per heavy atom. The first-order chi connectivity index (χ1) is 15.4. The fourth-order valence-corrected chi connectivity index (χ4v) is 3.57. The molecule has 1 aromatic carbocycles. The van der Waals surface area contributed by atoms with E-state index in [0.717, 1.165) is 12.0 Å². The molecule has 0 spiro atoms. The minimum Gasteiger partial charge on any atom is -0.396 e. The van der Waals surface area contributed by atoms with Crippen molar-refractivity contribution in [2.75, 3.05) is 11.9 Å². The van der Waals surface area contributed by atoms with Gasteiger partial charge in [-0.1, -0.05) is 25.4 Å². The van der Waals surface area contributed by atoms with Crippen LogP contribution in [0.25, 0.3) is 11.4 Å². The number of aliphatic hydroxyl groups excluding tert-OH is 1. The second-order valence-electron chi connectivity index (χ2n) is 8.08. The number of aliphatic hydroxyl groups is 1. The predicted molar refractivity (Wildman–Crippen MR) is 120 cm³/mol. The molecule has 1 saturated carbocycles. The van der Waals surface area contributed by atoms with E-state index in [0.29, 0.717) is 22.1 Å². The number of amides is 1. The summed E-state index contributed by atoms with van der Waals surface area (Å²) in [6, 6.07) is 5.85. The van der Waals surface area contributed by atoms with Gasteiger partial charge in [-0.15, -0.1) is 0 Å². The zero-order chi connectivity index (χ0) is 22.8. The molecule has 1 aliphatic rings. The molecule has 2 atom stereocenters. The number of pyridine rings is 1. The Morgan fingerprint density at radius 3 is 2.84 bits per heavy atom. The van der Waals surface area contributed by atoms with Gasteiger partial charge in [-0.2, -0.15) is 0 Å². The fourth-order valence-electron chi connectivity index (χ4n) is 3.40.